The van der Waals surface area contributed by atoms with Gasteiger partial charge in [0.05, 0.1) is 11.9 Å². The standard InChI is InChI=1S/C13H20ClNO/c1-10(2)15-12(8-14)9-16-13-6-4-5-11(3)7-13/h4-7,10,12,15H,8-9H2,1-3H3/p+1/t12-/m0/s1. The number of quaternary nitrogens is 1. The van der Waals surface area contributed by atoms with Gasteiger partial charge in [-0.15, -0.1) is 11.6 Å². The van der Waals surface area contributed by atoms with Gasteiger partial charge in [0.1, 0.15) is 18.4 Å². The predicted molar refractivity (Wildman–Crippen MR) is 68.2 cm³/mol. The smallest absolute Gasteiger partial charge is 0.141 e. The van der Waals surface area contributed by atoms with Crippen molar-refractivity contribution in [1.29, 1.82) is 0 Å². The van der Waals surface area contributed by atoms with Crippen LogP contribution in [0.15, 0.2) is 24.3 Å². The second-order valence-electron chi connectivity index (χ2n) is 4.48. The van der Waals surface area contributed by atoms with Crippen LogP contribution in [0, 0.1) is 6.92 Å². The Labute approximate surface area is 103 Å². The topological polar surface area (TPSA) is 25.8 Å². The summed E-state index contributed by atoms with van der Waals surface area (Å²) in [6.45, 7) is 7.04. The molecule has 1 aromatic rings. The molecule has 0 unspecified atom stereocenters. The Kier molecular flexibility index (Phi) is 5.64. The van der Waals surface area contributed by atoms with E-state index < -0.39 is 0 Å². The molecule has 0 aliphatic carbocycles. The molecule has 0 saturated carbocycles. The van der Waals surface area contributed by atoms with Gasteiger partial charge in [0.2, 0.25) is 0 Å². The summed E-state index contributed by atoms with van der Waals surface area (Å²) in [5.74, 6) is 1.54. The van der Waals surface area contributed by atoms with Crippen molar-refractivity contribution in [2.24, 2.45) is 0 Å². The van der Waals surface area contributed by atoms with Crippen molar-refractivity contribution in [2.45, 2.75) is 32.9 Å². The number of hydrogen-bond acceptors (Lipinski definition) is 1. The maximum Gasteiger partial charge on any atom is 0.141 e. The monoisotopic (exact) mass is 242 g/mol. The van der Waals surface area contributed by atoms with E-state index in [0.717, 1.165) is 5.75 Å². The van der Waals surface area contributed by atoms with E-state index in [9.17, 15) is 0 Å². The van der Waals surface area contributed by atoms with Gasteiger partial charge in [-0.05, 0) is 38.5 Å². The molecule has 0 aliphatic rings. The number of benzene rings is 1. The molecule has 0 heterocycles. The minimum atomic E-state index is 0.321. The fourth-order valence-electron chi connectivity index (χ4n) is 1.60. The molecule has 2 N–H and O–H groups in total. The molecule has 1 aromatic carbocycles. The Balaban J connectivity index is 2.43. The van der Waals surface area contributed by atoms with Crippen molar-refractivity contribution in [1.82, 2.24) is 0 Å². The predicted octanol–water partition coefficient (Wildman–Crippen LogP) is 1.95. The SMILES string of the molecule is Cc1cccc(OC[C@H](CCl)[NH2+]C(C)C)c1. The van der Waals surface area contributed by atoms with Crippen LogP contribution in [0.1, 0.15) is 19.4 Å². The average Bonchev–Trinajstić information content (AvgIpc) is 2.24. The zero-order chi connectivity index (χ0) is 12.0. The molecule has 16 heavy (non-hydrogen) atoms. The Hall–Kier alpha value is -0.730. The summed E-state index contributed by atoms with van der Waals surface area (Å²) in [7, 11) is 0. The maximum atomic E-state index is 5.90. The molecule has 0 spiro atoms. The first-order chi connectivity index (χ1) is 7.61. The van der Waals surface area contributed by atoms with Crippen molar-refractivity contribution in [3.05, 3.63) is 29.8 Å². The Morgan fingerprint density at radius 3 is 2.69 bits per heavy atom. The summed E-state index contributed by atoms with van der Waals surface area (Å²) in [4.78, 5) is 0. The number of halogens is 1. The molecule has 0 radical (unpaired) electrons. The molecule has 0 fully saturated rings. The molecule has 1 atom stereocenters. The summed E-state index contributed by atoms with van der Waals surface area (Å²) in [6, 6.07) is 8.96. The third kappa shape index (κ3) is 4.86. The molecule has 3 heteroatoms. The molecular formula is C13H21ClNO+. The lowest BCUT2D eigenvalue weighted by atomic mass is 10.2. The summed E-state index contributed by atoms with van der Waals surface area (Å²) in [5, 5.41) is 2.24. The molecule has 0 aromatic heterocycles. The minimum Gasteiger partial charge on any atom is -0.487 e. The molecule has 1 rings (SSSR count). The van der Waals surface area contributed by atoms with Crippen molar-refractivity contribution in [3.63, 3.8) is 0 Å². The van der Waals surface area contributed by atoms with Gasteiger partial charge >= 0.3 is 0 Å². The van der Waals surface area contributed by atoms with Crippen LogP contribution in [-0.2, 0) is 0 Å². The van der Waals surface area contributed by atoms with Gasteiger partial charge in [-0.2, -0.15) is 0 Å². The third-order valence-electron chi connectivity index (χ3n) is 2.31. The summed E-state index contributed by atoms with van der Waals surface area (Å²) in [5.41, 5.74) is 1.22. The lowest BCUT2D eigenvalue weighted by Gasteiger charge is -2.16. The van der Waals surface area contributed by atoms with Crippen LogP contribution in [0.3, 0.4) is 0 Å². The summed E-state index contributed by atoms with van der Waals surface area (Å²) < 4.78 is 5.73. The normalized spacial score (nSPS) is 12.8. The van der Waals surface area contributed by atoms with Crippen molar-refractivity contribution in [2.75, 3.05) is 12.5 Å². The van der Waals surface area contributed by atoms with Gasteiger partial charge in [0, 0.05) is 0 Å². The van der Waals surface area contributed by atoms with Crippen LogP contribution in [0.2, 0.25) is 0 Å². The summed E-state index contributed by atoms with van der Waals surface area (Å²) in [6.07, 6.45) is 0. The van der Waals surface area contributed by atoms with Crippen LogP contribution in [-0.4, -0.2) is 24.6 Å². The van der Waals surface area contributed by atoms with E-state index in [1.165, 1.54) is 5.56 Å². The van der Waals surface area contributed by atoms with Crippen molar-refractivity contribution < 1.29 is 10.1 Å². The van der Waals surface area contributed by atoms with E-state index in [0.29, 0.717) is 24.6 Å². The molecular weight excluding hydrogens is 222 g/mol. The Morgan fingerprint density at radius 1 is 1.38 bits per heavy atom. The highest BCUT2D eigenvalue weighted by molar-refractivity contribution is 6.18. The van der Waals surface area contributed by atoms with E-state index in [1.54, 1.807) is 0 Å². The van der Waals surface area contributed by atoms with Gasteiger partial charge in [-0.1, -0.05) is 12.1 Å². The van der Waals surface area contributed by atoms with Gasteiger partial charge < -0.3 is 10.1 Å². The zero-order valence-corrected chi connectivity index (χ0v) is 11.0. The maximum absolute atomic E-state index is 5.90. The lowest BCUT2D eigenvalue weighted by molar-refractivity contribution is -0.712. The quantitative estimate of drug-likeness (QED) is 0.759. The minimum absolute atomic E-state index is 0.321. The number of ether oxygens (including phenoxy) is 1. The van der Waals surface area contributed by atoms with Crippen LogP contribution in [0.25, 0.3) is 0 Å². The largest absolute Gasteiger partial charge is 0.487 e. The molecule has 0 saturated heterocycles. The number of alkyl halides is 1. The van der Waals surface area contributed by atoms with Crippen molar-refractivity contribution >= 4 is 11.6 Å². The van der Waals surface area contributed by atoms with E-state index in [1.807, 2.05) is 18.2 Å². The van der Waals surface area contributed by atoms with Crippen LogP contribution in [0.4, 0.5) is 0 Å². The highest BCUT2D eigenvalue weighted by atomic mass is 35.5. The van der Waals surface area contributed by atoms with Gasteiger partial charge in [-0.3, -0.25) is 0 Å². The highest BCUT2D eigenvalue weighted by Gasteiger charge is 2.13. The van der Waals surface area contributed by atoms with E-state index in [4.69, 9.17) is 16.3 Å². The van der Waals surface area contributed by atoms with E-state index >= 15 is 0 Å². The number of hydrogen-bond donors (Lipinski definition) is 1. The molecule has 0 aliphatic heterocycles. The van der Waals surface area contributed by atoms with Crippen molar-refractivity contribution in [3.8, 4) is 5.75 Å². The van der Waals surface area contributed by atoms with Crippen LogP contribution in [0.5, 0.6) is 5.75 Å². The van der Waals surface area contributed by atoms with E-state index in [2.05, 4.69) is 32.2 Å². The molecule has 0 bridgehead atoms. The fraction of sp³-hybridized carbons (Fsp3) is 0.538. The average molecular weight is 243 g/mol. The van der Waals surface area contributed by atoms with Crippen LogP contribution >= 0.6 is 11.6 Å². The number of rotatable bonds is 6. The second-order valence-corrected chi connectivity index (χ2v) is 4.79. The zero-order valence-electron chi connectivity index (χ0n) is 10.2. The van der Waals surface area contributed by atoms with Gasteiger partial charge in [0.15, 0.2) is 0 Å². The number of aryl methyl sites for hydroxylation is 1. The Morgan fingerprint density at radius 2 is 2.12 bits per heavy atom. The van der Waals surface area contributed by atoms with Gasteiger partial charge in [-0.25, -0.2) is 0 Å². The third-order valence-corrected chi connectivity index (χ3v) is 2.71. The van der Waals surface area contributed by atoms with E-state index in [-0.39, 0.29) is 0 Å². The van der Waals surface area contributed by atoms with Gasteiger partial charge in [0.25, 0.3) is 0 Å². The lowest BCUT2D eigenvalue weighted by Crippen LogP contribution is -2.95. The van der Waals surface area contributed by atoms with Crippen LogP contribution < -0.4 is 10.1 Å². The summed E-state index contributed by atoms with van der Waals surface area (Å²) >= 11 is 5.90. The number of nitrogens with two attached hydrogens (primary N) is 1. The first-order valence-electron chi connectivity index (χ1n) is 5.72. The first-order valence-corrected chi connectivity index (χ1v) is 6.25. The molecule has 0 amide bonds. The first kappa shape index (κ1) is 13.3. The fourth-order valence-corrected chi connectivity index (χ4v) is 1.80. The highest BCUT2D eigenvalue weighted by Crippen LogP contribution is 2.12. The molecule has 90 valence electrons. The Bertz CT molecular complexity index is 315. The second kappa shape index (κ2) is 6.77. The molecule has 2 nitrogen and oxygen atoms in total.